The number of thiophene rings is 1. The third-order valence-electron chi connectivity index (χ3n) is 4.99. The molecule has 1 unspecified atom stereocenters. The molecule has 7 heteroatoms. The van der Waals surface area contributed by atoms with Gasteiger partial charge in [0.25, 0.3) is 0 Å². The van der Waals surface area contributed by atoms with Crippen LogP contribution in [0, 0.1) is 12.7 Å². The first-order chi connectivity index (χ1) is 13.1. The van der Waals surface area contributed by atoms with Gasteiger partial charge in [-0.3, -0.25) is 0 Å². The third kappa shape index (κ3) is 4.00. The summed E-state index contributed by atoms with van der Waals surface area (Å²) in [6, 6.07) is 7.34. The van der Waals surface area contributed by atoms with E-state index >= 15 is 0 Å². The van der Waals surface area contributed by atoms with Gasteiger partial charge in [-0.05, 0) is 44.0 Å². The van der Waals surface area contributed by atoms with Crippen LogP contribution in [0.1, 0.15) is 23.3 Å². The van der Waals surface area contributed by atoms with Gasteiger partial charge >= 0.3 is 0 Å². The minimum Gasteiger partial charge on any atom is -0.385 e. The lowest BCUT2D eigenvalue weighted by Gasteiger charge is -2.35. The number of hydrogen-bond donors (Lipinski definition) is 2. The maximum Gasteiger partial charge on any atom is 0.139 e. The molecule has 1 atom stereocenters. The summed E-state index contributed by atoms with van der Waals surface area (Å²) in [5, 5.41) is 8.03. The van der Waals surface area contributed by atoms with Gasteiger partial charge in [-0.25, -0.2) is 9.38 Å². The summed E-state index contributed by atoms with van der Waals surface area (Å²) in [7, 11) is 1.74. The van der Waals surface area contributed by atoms with E-state index in [0.717, 1.165) is 66.9 Å². The summed E-state index contributed by atoms with van der Waals surface area (Å²) < 4.78 is 18.9. The van der Waals surface area contributed by atoms with Crippen molar-refractivity contribution in [2.75, 3.05) is 38.7 Å². The maximum absolute atomic E-state index is 13.7. The molecule has 3 heterocycles. The minimum atomic E-state index is -0.255. The van der Waals surface area contributed by atoms with Crippen molar-refractivity contribution in [2.24, 2.45) is 4.99 Å². The number of hydrogen-bond acceptors (Lipinski definition) is 6. The number of fused-ring (bicyclic) bond motifs is 2. The molecule has 1 fully saturated rings. The van der Waals surface area contributed by atoms with Gasteiger partial charge in [-0.2, -0.15) is 0 Å². The van der Waals surface area contributed by atoms with Crippen LogP contribution in [0.4, 0.5) is 20.8 Å². The number of anilines is 2. The Bertz CT molecular complexity index is 851. The maximum atomic E-state index is 13.7. The molecule has 2 aliphatic heterocycles. The van der Waals surface area contributed by atoms with E-state index in [1.807, 2.05) is 0 Å². The molecule has 0 aliphatic carbocycles. The number of aryl methyl sites for hydroxylation is 1. The highest BCUT2D eigenvalue weighted by molar-refractivity contribution is 7.16. The highest BCUT2D eigenvalue weighted by atomic mass is 32.1. The lowest BCUT2D eigenvalue weighted by atomic mass is 10.1. The van der Waals surface area contributed by atoms with Gasteiger partial charge in [-0.1, -0.05) is 0 Å². The largest absolute Gasteiger partial charge is 0.385 e. The molecule has 5 nitrogen and oxygen atoms in total. The lowest BCUT2D eigenvalue weighted by Crippen LogP contribution is -2.52. The number of piperazine rings is 1. The highest BCUT2D eigenvalue weighted by Gasteiger charge is 2.27. The van der Waals surface area contributed by atoms with Crippen LogP contribution in [0.2, 0.25) is 0 Å². The molecule has 1 aromatic carbocycles. The fraction of sp³-hybridized carbons (Fsp3) is 0.450. The number of rotatable bonds is 4. The van der Waals surface area contributed by atoms with E-state index in [4.69, 9.17) is 9.73 Å². The summed E-state index contributed by atoms with van der Waals surface area (Å²) in [4.78, 5) is 8.53. The van der Waals surface area contributed by atoms with E-state index in [2.05, 4.69) is 28.5 Å². The van der Waals surface area contributed by atoms with Gasteiger partial charge in [0.1, 0.15) is 16.7 Å². The Morgan fingerprint density at radius 1 is 1.37 bits per heavy atom. The second-order valence-corrected chi connectivity index (χ2v) is 8.31. The first-order valence-electron chi connectivity index (χ1n) is 9.37. The number of halogens is 1. The van der Waals surface area contributed by atoms with Gasteiger partial charge in [0.05, 0.1) is 16.9 Å². The Hall–Kier alpha value is -1.96. The Morgan fingerprint density at radius 3 is 3.11 bits per heavy atom. The molecule has 0 bridgehead atoms. The summed E-state index contributed by atoms with van der Waals surface area (Å²) in [6.07, 6.45) is 2.12. The van der Waals surface area contributed by atoms with Crippen molar-refractivity contribution in [3.05, 3.63) is 40.5 Å². The van der Waals surface area contributed by atoms with Crippen LogP contribution in [-0.4, -0.2) is 50.1 Å². The molecule has 1 aromatic heterocycles. The van der Waals surface area contributed by atoms with Crippen molar-refractivity contribution in [2.45, 2.75) is 25.8 Å². The SMILES string of the molecule is COCCCC1CN(C2=Nc3ccc(F)cc3Nc3sc(C)cc32)CCN1. The molecular formula is C20H25FN4OS. The molecule has 1 saturated heterocycles. The van der Waals surface area contributed by atoms with Gasteiger partial charge < -0.3 is 20.3 Å². The smallest absolute Gasteiger partial charge is 0.139 e. The molecule has 2 aliphatic rings. The molecule has 144 valence electrons. The quantitative estimate of drug-likeness (QED) is 0.777. The van der Waals surface area contributed by atoms with Crippen LogP contribution in [-0.2, 0) is 4.74 Å². The fourth-order valence-corrected chi connectivity index (χ4v) is 4.62. The molecule has 0 saturated carbocycles. The number of nitrogens with one attached hydrogen (secondary N) is 2. The number of ether oxygens (including phenoxy) is 1. The summed E-state index contributed by atoms with van der Waals surface area (Å²) in [6.45, 7) is 5.63. The molecule has 0 amide bonds. The van der Waals surface area contributed by atoms with Gasteiger partial charge in [-0.15, -0.1) is 11.3 Å². The average molecular weight is 389 g/mol. The Balaban J connectivity index is 1.66. The minimum absolute atomic E-state index is 0.255. The zero-order valence-corrected chi connectivity index (χ0v) is 16.5. The fourth-order valence-electron chi connectivity index (χ4n) is 3.70. The van der Waals surface area contributed by atoms with E-state index < -0.39 is 0 Å². The monoisotopic (exact) mass is 388 g/mol. The van der Waals surface area contributed by atoms with Crippen LogP contribution >= 0.6 is 11.3 Å². The molecule has 4 rings (SSSR count). The van der Waals surface area contributed by atoms with Crippen LogP contribution < -0.4 is 10.6 Å². The number of amidine groups is 1. The van der Waals surface area contributed by atoms with Crippen LogP contribution in [0.5, 0.6) is 0 Å². The van der Waals surface area contributed by atoms with Crippen LogP contribution in [0.25, 0.3) is 0 Å². The van der Waals surface area contributed by atoms with E-state index in [9.17, 15) is 4.39 Å². The van der Waals surface area contributed by atoms with E-state index in [1.165, 1.54) is 17.0 Å². The Kier molecular flexibility index (Phi) is 5.43. The predicted molar refractivity (Wildman–Crippen MR) is 109 cm³/mol. The first kappa shape index (κ1) is 18.4. The normalized spacial score (nSPS) is 19.0. The molecule has 2 N–H and O–H groups in total. The summed E-state index contributed by atoms with van der Waals surface area (Å²) in [5.74, 6) is 0.723. The summed E-state index contributed by atoms with van der Waals surface area (Å²) in [5.41, 5.74) is 2.61. The second-order valence-electron chi connectivity index (χ2n) is 7.05. The third-order valence-corrected chi connectivity index (χ3v) is 5.95. The van der Waals surface area contributed by atoms with Crippen molar-refractivity contribution in [3.8, 4) is 0 Å². The zero-order valence-electron chi connectivity index (χ0n) is 15.7. The first-order valence-corrected chi connectivity index (χ1v) is 10.2. The van der Waals surface area contributed by atoms with Gasteiger partial charge in [0.15, 0.2) is 0 Å². The number of benzene rings is 1. The van der Waals surface area contributed by atoms with Crippen molar-refractivity contribution in [1.82, 2.24) is 10.2 Å². The van der Waals surface area contributed by atoms with E-state index in [0.29, 0.717) is 6.04 Å². The van der Waals surface area contributed by atoms with E-state index in [-0.39, 0.29) is 5.82 Å². The van der Waals surface area contributed by atoms with Crippen LogP contribution in [0.3, 0.4) is 0 Å². The number of methoxy groups -OCH3 is 1. The standard InChI is InChI=1S/C20H25FN4OS/c1-13-10-16-19(25-8-7-22-15(12-25)4-3-9-26-2)23-17-6-5-14(21)11-18(17)24-20(16)27-13/h5-6,10-11,15,22,24H,3-4,7-9,12H2,1-2H3. The van der Waals surface area contributed by atoms with Gasteiger partial charge in [0, 0.05) is 44.3 Å². The van der Waals surface area contributed by atoms with Crippen molar-refractivity contribution in [1.29, 1.82) is 0 Å². The summed E-state index contributed by atoms with van der Waals surface area (Å²) >= 11 is 1.69. The van der Waals surface area contributed by atoms with Crippen molar-refractivity contribution >= 4 is 33.5 Å². The Labute approximate surface area is 163 Å². The average Bonchev–Trinajstić information content (AvgIpc) is 2.94. The predicted octanol–water partition coefficient (Wildman–Crippen LogP) is 4.03. The van der Waals surface area contributed by atoms with Crippen LogP contribution in [0.15, 0.2) is 29.3 Å². The number of nitrogens with zero attached hydrogens (tertiary/aromatic N) is 2. The van der Waals surface area contributed by atoms with Gasteiger partial charge in [0.2, 0.25) is 0 Å². The molecule has 27 heavy (non-hydrogen) atoms. The second kappa shape index (κ2) is 7.96. The van der Waals surface area contributed by atoms with Crippen molar-refractivity contribution in [3.63, 3.8) is 0 Å². The molecule has 0 spiro atoms. The number of aliphatic imine (C=N–C) groups is 1. The molecule has 2 aromatic rings. The topological polar surface area (TPSA) is 48.9 Å². The highest BCUT2D eigenvalue weighted by Crippen LogP contribution is 2.39. The zero-order chi connectivity index (χ0) is 18.8. The molecule has 0 radical (unpaired) electrons. The lowest BCUT2D eigenvalue weighted by molar-refractivity contribution is 0.182. The van der Waals surface area contributed by atoms with Crippen molar-refractivity contribution < 1.29 is 9.13 Å². The Morgan fingerprint density at radius 2 is 2.26 bits per heavy atom. The van der Waals surface area contributed by atoms with E-state index in [1.54, 1.807) is 24.5 Å². The molecular weight excluding hydrogens is 363 g/mol.